The first-order chi connectivity index (χ1) is 12.9. The van der Waals surface area contributed by atoms with Crippen LogP contribution in [0.2, 0.25) is 5.02 Å². The van der Waals surface area contributed by atoms with Crippen molar-refractivity contribution in [1.82, 2.24) is 9.80 Å². The fraction of sp³-hybridized carbons (Fsp3) is 0.333. The maximum Gasteiger partial charge on any atom is 0.322 e. The molecule has 0 aliphatic carbocycles. The van der Waals surface area contributed by atoms with Gasteiger partial charge in [-0.15, -0.1) is 0 Å². The van der Waals surface area contributed by atoms with Gasteiger partial charge in [-0.2, -0.15) is 0 Å². The molecule has 2 aromatic rings. The normalized spacial score (nSPS) is 11.6. The number of rotatable bonds is 6. The number of nitrogens with one attached hydrogen (secondary N) is 1. The minimum absolute atomic E-state index is 0.00800. The zero-order valence-electron chi connectivity index (χ0n) is 16.2. The van der Waals surface area contributed by atoms with Gasteiger partial charge in [0, 0.05) is 36.4 Å². The summed E-state index contributed by atoms with van der Waals surface area (Å²) in [6, 6.07) is 14.1. The number of hydrogen-bond acceptors (Lipinski definition) is 2. The Morgan fingerprint density at radius 2 is 1.56 bits per heavy atom. The van der Waals surface area contributed by atoms with E-state index in [4.69, 9.17) is 11.6 Å². The number of anilines is 1. The summed E-state index contributed by atoms with van der Waals surface area (Å²) in [4.78, 5) is 28.2. The number of nitrogens with zero attached hydrogens (tertiary/aromatic N) is 2. The lowest BCUT2D eigenvalue weighted by Crippen LogP contribution is -2.33. The molecule has 0 fully saturated rings. The van der Waals surface area contributed by atoms with Crippen LogP contribution >= 0.6 is 11.6 Å². The van der Waals surface area contributed by atoms with E-state index >= 15 is 0 Å². The number of carbonyl (C=O) groups excluding carboxylic acids is 2. The molecule has 2 aromatic carbocycles. The molecule has 0 saturated carbocycles. The number of amides is 3. The summed E-state index contributed by atoms with van der Waals surface area (Å²) >= 11 is 5.92. The Morgan fingerprint density at radius 1 is 1.00 bits per heavy atom. The van der Waals surface area contributed by atoms with Crippen molar-refractivity contribution in [2.75, 3.05) is 25.5 Å². The highest BCUT2D eigenvalue weighted by atomic mass is 35.5. The molecule has 0 aliphatic heterocycles. The molecule has 0 aliphatic rings. The Balaban J connectivity index is 2.02. The van der Waals surface area contributed by atoms with Gasteiger partial charge in [-0.3, -0.25) is 4.79 Å². The number of carbonyl (C=O) groups is 2. The van der Waals surface area contributed by atoms with E-state index in [2.05, 4.69) is 5.32 Å². The van der Waals surface area contributed by atoms with Gasteiger partial charge in [0.2, 0.25) is 0 Å². The number of halogens is 1. The van der Waals surface area contributed by atoms with Crippen LogP contribution in [0.25, 0.3) is 0 Å². The summed E-state index contributed by atoms with van der Waals surface area (Å²) in [7, 11) is 1.74. The first kappa shape index (κ1) is 20.8. The average molecular weight is 388 g/mol. The van der Waals surface area contributed by atoms with Gasteiger partial charge >= 0.3 is 6.03 Å². The lowest BCUT2D eigenvalue weighted by atomic mass is 10.1. The summed E-state index contributed by atoms with van der Waals surface area (Å²) in [5.74, 6) is -0.00800. The molecular weight excluding hydrogens is 362 g/mol. The highest BCUT2D eigenvalue weighted by molar-refractivity contribution is 6.30. The summed E-state index contributed by atoms with van der Waals surface area (Å²) in [6.07, 6.45) is 0. The highest BCUT2D eigenvalue weighted by Crippen LogP contribution is 2.22. The third-order valence-corrected chi connectivity index (χ3v) is 4.94. The first-order valence-electron chi connectivity index (χ1n) is 9.06. The van der Waals surface area contributed by atoms with Gasteiger partial charge in [-0.05, 0) is 62.7 Å². The standard InChI is InChI=1S/C21H26ClN3O2/c1-5-25(6-2)20(26)17-9-13-19(14-10-17)23-21(27)24(4)15(3)16-7-11-18(22)12-8-16/h7-15H,5-6H2,1-4H3,(H,23,27)/t15-/m0/s1. The number of benzene rings is 2. The predicted octanol–water partition coefficient (Wildman–Crippen LogP) is 5.05. The molecule has 0 unspecified atom stereocenters. The van der Waals surface area contributed by atoms with E-state index in [1.807, 2.05) is 45.0 Å². The van der Waals surface area contributed by atoms with Crippen molar-refractivity contribution in [3.05, 3.63) is 64.7 Å². The monoisotopic (exact) mass is 387 g/mol. The summed E-state index contributed by atoms with van der Waals surface area (Å²) < 4.78 is 0. The Hall–Kier alpha value is -2.53. The van der Waals surface area contributed by atoms with Crippen molar-refractivity contribution < 1.29 is 9.59 Å². The van der Waals surface area contributed by atoms with E-state index in [9.17, 15) is 9.59 Å². The van der Waals surface area contributed by atoms with Crippen LogP contribution in [0.3, 0.4) is 0 Å². The van der Waals surface area contributed by atoms with Gasteiger partial charge in [0.1, 0.15) is 0 Å². The van der Waals surface area contributed by atoms with Crippen molar-refractivity contribution in [3.63, 3.8) is 0 Å². The second kappa shape index (κ2) is 9.42. The maximum absolute atomic E-state index is 12.5. The Kier molecular flexibility index (Phi) is 7.25. The minimum atomic E-state index is -0.222. The van der Waals surface area contributed by atoms with Crippen LogP contribution in [-0.4, -0.2) is 41.9 Å². The highest BCUT2D eigenvalue weighted by Gasteiger charge is 2.18. The Morgan fingerprint density at radius 3 is 2.07 bits per heavy atom. The largest absolute Gasteiger partial charge is 0.339 e. The molecule has 0 radical (unpaired) electrons. The topological polar surface area (TPSA) is 52.7 Å². The number of hydrogen-bond donors (Lipinski definition) is 1. The molecule has 144 valence electrons. The first-order valence-corrected chi connectivity index (χ1v) is 9.43. The Labute approximate surface area is 165 Å². The lowest BCUT2D eigenvalue weighted by molar-refractivity contribution is 0.0773. The van der Waals surface area contributed by atoms with Gasteiger partial charge < -0.3 is 15.1 Å². The van der Waals surface area contributed by atoms with Crippen molar-refractivity contribution in [3.8, 4) is 0 Å². The third-order valence-electron chi connectivity index (χ3n) is 4.69. The molecular formula is C21H26ClN3O2. The lowest BCUT2D eigenvalue weighted by Gasteiger charge is -2.25. The zero-order valence-corrected chi connectivity index (χ0v) is 17.0. The van der Waals surface area contributed by atoms with Crippen LogP contribution in [0.1, 0.15) is 42.7 Å². The van der Waals surface area contributed by atoms with Crippen LogP contribution in [0.5, 0.6) is 0 Å². The number of urea groups is 1. The Bertz CT molecular complexity index is 771. The van der Waals surface area contributed by atoms with Crippen molar-refractivity contribution in [1.29, 1.82) is 0 Å². The molecule has 0 bridgehead atoms. The van der Waals surface area contributed by atoms with E-state index < -0.39 is 0 Å². The molecule has 2 rings (SSSR count). The van der Waals surface area contributed by atoms with Crippen molar-refractivity contribution >= 4 is 29.2 Å². The molecule has 3 amide bonds. The zero-order chi connectivity index (χ0) is 20.0. The molecule has 5 nitrogen and oxygen atoms in total. The molecule has 0 aromatic heterocycles. The second-order valence-corrected chi connectivity index (χ2v) is 6.76. The van der Waals surface area contributed by atoms with Crippen molar-refractivity contribution in [2.24, 2.45) is 0 Å². The molecule has 0 saturated heterocycles. The van der Waals surface area contributed by atoms with Gasteiger partial charge in [0.05, 0.1) is 6.04 Å². The molecule has 1 atom stereocenters. The molecule has 1 N–H and O–H groups in total. The van der Waals surface area contributed by atoms with E-state index in [0.717, 1.165) is 5.56 Å². The van der Waals surface area contributed by atoms with Crippen molar-refractivity contribution in [2.45, 2.75) is 26.8 Å². The summed E-state index contributed by atoms with van der Waals surface area (Å²) in [5, 5.41) is 3.53. The molecule has 0 spiro atoms. The van der Waals surface area contributed by atoms with E-state index in [1.54, 1.807) is 41.1 Å². The van der Waals surface area contributed by atoms with Gasteiger partial charge in [0.15, 0.2) is 0 Å². The molecule has 27 heavy (non-hydrogen) atoms. The van der Waals surface area contributed by atoms with Gasteiger partial charge in [-0.1, -0.05) is 23.7 Å². The molecule has 6 heteroatoms. The summed E-state index contributed by atoms with van der Waals surface area (Å²) in [6.45, 7) is 7.19. The van der Waals surface area contributed by atoms with Gasteiger partial charge in [-0.25, -0.2) is 4.79 Å². The maximum atomic E-state index is 12.5. The quantitative estimate of drug-likeness (QED) is 0.754. The SMILES string of the molecule is CCN(CC)C(=O)c1ccc(NC(=O)N(C)[C@@H](C)c2ccc(Cl)cc2)cc1. The van der Waals surface area contributed by atoms with Crippen LogP contribution in [0.15, 0.2) is 48.5 Å². The minimum Gasteiger partial charge on any atom is -0.339 e. The van der Waals surface area contributed by atoms with E-state index in [-0.39, 0.29) is 18.0 Å². The average Bonchev–Trinajstić information content (AvgIpc) is 2.68. The smallest absolute Gasteiger partial charge is 0.322 e. The van der Waals surface area contributed by atoms with Crippen LogP contribution < -0.4 is 5.32 Å². The third kappa shape index (κ3) is 5.23. The molecule has 0 heterocycles. The van der Waals surface area contributed by atoms with Crippen LogP contribution in [0.4, 0.5) is 10.5 Å². The van der Waals surface area contributed by atoms with Gasteiger partial charge in [0.25, 0.3) is 5.91 Å². The second-order valence-electron chi connectivity index (χ2n) is 6.32. The fourth-order valence-electron chi connectivity index (χ4n) is 2.74. The summed E-state index contributed by atoms with van der Waals surface area (Å²) in [5.41, 5.74) is 2.25. The van der Waals surface area contributed by atoms with E-state index in [1.165, 1.54) is 0 Å². The predicted molar refractivity (Wildman–Crippen MR) is 110 cm³/mol. The van der Waals surface area contributed by atoms with E-state index in [0.29, 0.717) is 29.4 Å². The van der Waals surface area contributed by atoms with Crippen LogP contribution in [0, 0.1) is 0 Å². The van der Waals surface area contributed by atoms with Crippen LogP contribution in [-0.2, 0) is 0 Å². The fourth-order valence-corrected chi connectivity index (χ4v) is 2.87.